The molecule has 306 valence electrons. The number of nitrogens with zero attached hydrogens (tertiary/aromatic N) is 1. The fourth-order valence-electron chi connectivity index (χ4n) is 6.36. The van der Waals surface area contributed by atoms with Crippen molar-refractivity contribution in [1.29, 1.82) is 0 Å². The summed E-state index contributed by atoms with van der Waals surface area (Å²) in [5.74, 6) is 1.71. The van der Waals surface area contributed by atoms with Crippen molar-refractivity contribution in [1.82, 2.24) is 5.32 Å². The van der Waals surface area contributed by atoms with Gasteiger partial charge >= 0.3 is 7.82 Å². The molecule has 0 aromatic carbocycles. The molecule has 1 amide bonds. The number of carbonyl (C=O) groups excluding carboxylic acids is 1. The number of quaternary nitrogens is 1. The Bertz CT molecular complexity index is 798. The SMILES string of the molecule is CCCCCCCCCCCCCCCCCC(=O)N[C@@H](COP(=O)(O)OCC[N+](C)(C)C)CSCCCCCCCCCCCCCCCC. The Kier molecular flexibility index (Phi) is 36.8. The highest BCUT2D eigenvalue weighted by Crippen LogP contribution is 2.43. The van der Waals surface area contributed by atoms with E-state index in [2.05, 4.69) is 19.2 Å². The van der Waals surface area contributed by atoms with Crippen LogP contribution in [0.25, 0.3) is 0 Å². The zero-order chi connectivity index (χ0) is 37.7. The van der Waals surface area contributed by atoms with E-state index in [0.29, 0.717) is 23.2 Å². The maximum Gasteiger partial charge on any atom is 0.472 e. The van der Waals surface area contributed by atoms with Crippen molar-refractivity contribution in [2.75, 3.05) is 52.4 Å². The van der Waals surface area contributed by atoms with E-state index in [0.717, 1.165) is 25.0 Å². The van der Waals surface area contributed by atoms with Crippen LogP contribution in [0.15, 0.2) is 0 Å². The maximum absolute atomic E-state index is 12.8. The quantitative estimate of drug-likeness (QED) is 0.0366. The smallest absolute Gasteiger partial charge is 0.350 e. The first-order valence-corrected chi connectivity index (χ1v) is 24.5. The molecule has 0 saturated heterocycles. The predicted molar refractivity (Wildman–Crippen MR) is 224 cm³/mol. The molecule has 2 atom stereocenters. The highest BCUT2D eigenvalue weighted by molar-refractivity contribution is 7.99. The molecule has 2 N–H and O–H groups in total. The van der Waals surface area contributed by atoms with Crippen molar-refractivity contribution in [2.24, 2.45) is 0 Å². The molecule has 0 aromatic heterocycles. The van der Waals surface area contributed by atoms with Gasteiger partial charge < -0.3 is 14.7 Å². The van der Waals surface area contributed by atoms with E-state index in [1.54, 1.807) is 11.8 Å². The Balaban J connectivity index is 4.20. The molecule has 0 saturated carbocycles. The Labute approximate surface area is 322 Å². The molecule has 9 heteroatoms. The molecular formula is C42H88N2O5PS+. The second kappa shape index (κ2) is 36.8. The maximum atomic E-state index is 12.8. The summed E-state index contributed by atoms with van der Waals surface area (Å²) in [6.07, 6.45) is 38.9. The van der Waals surface area contributed by atoms with Gasteiger partial charge in [0, 0.05) is 12.2 Å². The van der Waals surface area contributed by atoms with Crippen LogP contribution in [-0.4, -0.2) is 73.7 Å². The summed E-state index contributed by atoms with van der Waals surface area (Å²) in [6.45, 7) is 5.27. The molecular weight excluding hydrogens is 676 g/mol. The minimum atomic E-state index is -4.18. The van der Waals surface area contributed by atoms with Gasteiger partial charge in [0.1, 0.15) is 13.2 Å². The lowest BCUT2D eigenvalue weighted by atomic mass is 10.0. The fourth-order valence-corrected chi connectivity index (χ4v) is 8.16. The third kappa shape index (κ3) is 40.9. The topological polar surface area (TPSA) is 84.9 Å². The number of rotatable bonds is 41. The predicted octanol–water partition coefficient (Wildman–Crippen LogP) is 12.8. The van der Waals surface area contributed by atoms with E-state index in [1.165, 1.54) is 167 Å². The first-order chi connectivity index (χ1) is 24.6. The van der Waals surface area contributed by atoms with Gasteiger partial charge in [-0.05, 0) is 18.6 Å². The lowest BCUT2D eigenvalue weighted by molar-refractivity contribution is -0.870. The Morgan fingerprint density at radius 3 is 1.37 bits per heavy atom. The van der Waals surface area contributed by atoms with Gasteiger partial charge in [-0.1, -0.05) is 187 Å². The average Bonchev–Trinajstić information content (AvgIpc) is 3.08. The van der Waals surface area contributed by atoms with E-state index >= 15 is 0 Å². The fraction of sp³-hybridized carbons (Fsp3) is 0.976. The molecule has 1 unspecified atom stereocenters. The van der Waals surface area contributed by atoms with Gasteiger partial charge in [0.05, 0.1) is 33.8 Å². The van der Waals surface area contributed by atoms with Crippen molar-refractivity contribution < 1.29 is 27.8 Å². The number of carbonyl (C=O) groups is 1. The molecule has 0 aliphatic carbocycles. The molecule has 0 bridgehead atoms. The van der Waals surface area contributed by atoms with Crippen LogP contribution in [0.1, 0.15) is 206 Å². The zero-order valence-corrected chi connectivity index (χ0v) is 36.4. The van der Waals surface area contributed by atoms with Crippen molar-refractivity contribution in [3.05, 3.63) is 0 Å². The number of thioether (sulfide) groups is 1. The second-order valence-corrected chi connectivity index (χ2v) is 18.9. The number of hydrogen-bond acceptors (Lipinski definition) is 5. The number of nitrogens with one attached hydrogen (secondary N) is 1. The summed E-state index contributed by atoms with van der Waals surface area (Å²) in [6, 6.07) is -0.312. The molecule has 0 spiro atoms. The number of likely N-dealkylation sites (N-methyl/N-ethyl adjacent to an activating group) is 1. The number of hydrogen-bond donors (Lipinski definition) is 2. The molecule has 0 aliphatic heterocycles. The van der Waals surface area contributed by atoms with E-state index < -0.39 is 7.82 Å². The van der Waals surface area contributed by atoms with Crippen molar-refractivity contribution in [3.63, 3.8) is 0 Å². The average molecular weight is 764 g/mol. The van der Waals surface area contributed by atoms with Crippen LogP contribution >= 0.6 is 19.6 Å². The second-order valence-electron chi connectivity index (χ2n) is 16.2. The molecule has 0 radical (unpaired) electrons. The van der Waals surface area contributed by atoms with E-state index in [4.69, 9.17) is 9.05 Å². The van der Waals surface area contributed by atoms with Crippen LogP contribution in [0.5, 0.6) is 0 Å². The van der Waals surface area contributed by atoms with E-state index in [9.17, 15) is 14.3 Å². The number of phosphoric ester groups is 1. The summed E-state index contributed by atoms with van der Waals surface area (Å²) < 4.78 is 23.7. The third-order valence-electron chi connectivity index (χ3n) is 9.79. The van der Waals surface area contributed by atoms with Gasteiger partial charge in [0.15, 0.2) is 0 Å². The minimum Gasteiger partial charge on any atom is -0.350 e. The monoisotopic (exact) mass is 764 g/mol. The molecule has 0 heterocycles. The first-order valence-electron chi connectivity index (χ1n) is 21.9. The van der Waals surface area contributed by atoms with E-state index in [-0.39, 0.29) is 25.2 Å². The van der Waals surface area contributed by atoms with Crippen LogP contribution in [0.4, 0.5) is 0 Å². The van der Waals surface area contributed by atoms with Crippen LogP contribution < -0.4 is 5.32 Å². The summed E-state index contributed by atoms with van der Waals surface area (Å²) >= 11 is 1.80. The summed E-state index contributed by atoms with van der Waals surface area (Å²) in [7, 11) is 1.84. The third-order valence-corrected chi connectivity index (χ3v) is 12.0. The summed E-state index contributed by atoms with van der Waals surface area (Å²) in [5, 5.41) is 3.10. The van der Waals surface area contributed by atoms with Gasteiger partial charge in [-0.2, -0.15) is 11.8 Å². The van der Waals surface area contributed by atoms with Crippen LogP contribution in [0, 0.1) is 0 Å². The molecule has 0 aliphatic rings. The highest BCUT2D eigenvalue weighted by atomic mass is 32.2. The van der Waals surface area contributed by atoms with Crippen LogP contribution in [0.3, 0.4) is 0 Å². The van der Waals surface area contributed by atoms with Crippen molar-refractivity contribution in [2.45, 2.75) is 213 Å². The largest absolute Gasteiger partial charge is 0.472 e. The zero-order valence-electron chi connectivity index (χ0n) is 34.7. The Hall–Kier alpha value is -0.110. The van der Waals surface area contributed by atoms with Gasteiger partial charge in [-0.25, -0.2) is 4.57 Å². The standard InChI is InChI=1S/C42H87N2O5PS/c1-6-8-10-12-14-16-18-20-22-23-25-27-29-31-33-35-42(45)43-41(39-49-50(46,47)48-37-36-44(3,4)5)40-51-38-34-32-30-28-26-24-21-19-17-15-13-11-9-7-2/h41H,6-40H2,1-5H3,(H-,43,45,46,47)/p+1/t41-/m0/s1. The number of unbranched alkanes of at least 4 members (excludes halogenated alkanes) is 27. The highest BCUT2D eigenvalue weighted by Gasteiger charge is 2.25. The van der Waals surface area contributed by atoms with Gasteiger partial charge in [0.2, 0.25) is 5.91 Å². The number of phosphoric acid groups is 1. The molecule has 7 nitrogen and oxygen atoms in total. The Morgan fingerprint density at radius 2 is 0.980 bits per heavy atom. The van der Waals surface area contributed by atoms with Crippen LogP contribution in [0.2, 0.25) is 0 Å². The van der Waals surface area contributed by atoms with Gasteiger partial charge in [-0.3, -0.25) is 13.8 Å². The Morgan fingerprint density at radius 1 is 0.608 bits per heavy atom. The first kappa shape index (κ1) is 50.9. The van der Waals surface area contributed by atoms with Gasteiger partial charge in [-0.15, -0.1) is 0 Å². The molecule has 0 aromatic rings. The lowest BCUT2D eigenvalue weighted by Crippen LogP contribution is -2.40. The van der Waals surface area contributed by atoms with Crippen molar-refractivity contribution >= 4 is 25.5 Å². The molecule has 51 heavy (non-hydrogen) atoms. The summed E-state index contributed by atoms with van der Waals surface area (Å²) in [4.78, 5) is 23.1. The molecule has 0 fully saturated rings. The lowest BCUT2D eigenvalue weighted by Gasteiger charge is -2.24. The minimum absolute atomic E-state index is 0.00844. The van der Waals surface area contributed by atoms with Gasteiger partial charge in [0.25, 0.3) is 0 Å². The van der Waals surface area contributed by atoms with Crippen LogP contribution in [-0.2, 0) is 18.4 Å². The molecule has 0 rings (SSSR count). The van der Waals surface area contributed by atoms with Crippen molar-refractivity contribution in [3.8, 4) is 0 Å². The normalized spacial score (nSPS) is 13.8. The summed E-state index contributed by atoms with van der Waals surface area (Å²) in [5.41, 5.74) is 0. The number of amides is 1. The van der Waals surface area contributed by atoms with E-state index in [1.807, 2.05) is 21.1 Å².